The first-order chi connectivity index (χ1) is 11.6. The van der Waals surface area contributed by atoms with Gasteiger partial charge in [0, 0.05) is 13.0 Å². The van der Waals surface area contributed by atoms with Gasteiger partial charge in [0.1, 0.15) is 18.1 Å². The van der Waals surface area contributed by atoms with Crippen molar-refractivity contribution in [1.82, 2.24) is 0 Å². The smallest absolute Gasteiger partial charge is 0.387 e. The number of rotatable bonds is 5. The molecule has 1 atom stereocenters. The van der Waals surface area contributed by atoms with E-state index in [0.29, 0.717) is 11.3 Å². The fourth-order valence-electron chi connectivity index (χ4n) is 2.71. The Morgan fingerprint density at radius 1 is 1.12 bits per heavy atom. The minimum Gasteiger partial charge on any atom is -0.489 e. The Bertz CT molecular complexity index is 668. The molecule has 5 heteroatoms. The molecule has 3 rings (SSSR count). The Morgan fingerprint density at radius 2 is 1.83 bits per heavy atom. The molecule has 0 amide bonds. The van der Waals surface area contributed by atoms with Gasteiger partial charge in [0.05, 0.1) is 0 Å². The zero-order chi connectivity index (χ0) is 17.5. The van der Waals surface area contributed by atoms with Crippen molar-refractivity contribution in [3.63, 3.8) is 0 Å². The standard InChI is InChI=1S/C17H17F2NO2.C2H6.H2/c18-17(19)22-16-4-2-1-3-12(16)10-21-15-6-5-11-7-14(20)8-13(11)9-15;1-2;/h1-6,9,14,17H,7-8,10,20H2;1-2H3;1H/t14-;;/m0../s1. The van der Waals surface area contributed by atoms with Crippen molar-refractivity contribution in [3.8, 4) is 11.5 Å². The van der Waals surface area contributed by atoms with Crippen LogP contribution >= 0.6 is 0 Å². The lowest BCUT2D eigenvalue weighted by Crippen LogP contribution is -2.18. The van der Waals surface area contributed by atoms with Gasteiger partial charge in [-0.1, -0.05) is 38.1 Å². The molecule has 0 saturated carbocycles. The van der Waals surface area contributed by atoms with E-state index in [0.717, 1.165) is 12.8 Å². The number of hydrogen-bond donors (Lipinski definition) is 1. The Labute approximate surface area is 142 Å². The van der Waals surface area contributed by atoms with Gasteiger partial charge in [-0.15, -0.1) is 0 Å². The Balaban J connectivity index is 0.00000101. The van der Waals surface area contributed by atoms with E-state index >= 15 is 0 Å². The highest BCUT2D eigenvalue weighted by atomic mass is 19.3. The van der Waals surface area contributed by atoms with Crippen LogP contribution in [0, 0.1) is 0 Å². The molecule has 3 nitrogen and oxygen atoms in total. The van der Waals surface area contributed by atoms with Crippen LogP contribution < -0.4 is 15.2 Å². The summed E-state index contributed by atoms with van der Waals surface area (Å²) in [6.45, 7) is 1.33. The summed E-state index contributed by atoms with van der Waals surface area (Å²) in [7, 11) is 0. The number of halogens is 2. The van der Waals surface area contributed by atoms with Gasteiger partial charge in [0.2, 0.25) is 0 Å². The SMILES string of the molecule is CC.N[C@H]1Cc2ccc(OCc3ccccc3OC(F)F)cc2C1.[HH]. The Hall–Kier alpha value is -2.14. The predicted molar refractivity (Wildman–Crippen MR) is 92.7 cm³/mol. The zero-order valence-corrected chi connectivity index (χ0v) is 14.0. The average molecular weight is 337 g/mol. The number of benzene rings is 2. The third-order valence-corrected chi connectivity index (χ3v) is 3.72. The van der Waals surface area contributed by atoms with E-state index in [-0.39, 0.29) is 19.8 Å². The molecule has 0 radical (unpaired) electrons. The Kier molecular flexibility index (Phi) is 6.55. The molecule has 0 aromatic heterocycles. The van der Waals surface area contributed by atoms with Crippen LogP contribution in [-0.2, 0) is 19.4 Å². The molecular formula is C19H25F2NO2. The summed E-state index contributed by atoms with van der Waals surface area (Å²) in [5.41, 5.74) is 8.97. The molecule has 0 aliphatic heterocycles. The predicted octanol–water partition coefficient (Wildman–Crippen LogP) is 4.57. The van der Waals surface area contributed by atoms with Crippen molar-refractivity contribution in [2.24, 2.45) is 5.73 Å². The fraction of sp³-hybridized carbons (Fsp3) is 0.368. The van der Waals surface area contributed by atoms with Crippen LogP contribution in [0.4, 0.5) is 8.78 Å². The molecule has 2 aromatic rings. The van der Waals surface area contributed by atoms with Crippen molar-refractivity contribution in [2.45, 2.75) is 45.9 Å². The minimum atomic E-state index is -2.84. The maximum Gasteiger partial charge on any atom is 0.387 e. The van der Waals surface area contributed by atoms with Crippen LogP contribution in [0.5, 0.6) is 11.5 Å². The second-order valence-corrected chi connectivity index (χ2v) is 5.37. The summed E-state index contributed by atoms with van der Waals surface area (Å²) in [5, 5.41) is 0. The molecule has 2 N–H and O–H groups in total. The maximum atomic E-state index is 12.4. The second-order valence-electron chi connectivity index (χ2n) is 5.37. The van der Waals surface area contributed by atoms with Gasteiger partial charge in [-0.05, 0) is 42.2 Å². The maximum absolute atomic E-state index is 12.4. The summed E-state index contributed by atoms with van der Waals surface area (Å²) < 4.78 is 35.0. The van der Waals surface area contributed by atoms with E-state index in [1.165, 1.54) is 17.2 Å². The van der Waals surface area contributed by atoms with E-state index in [9.17, 15) is 8.78 Å². The lowest BCUT2D eigenvalue weighted by molar-refractivity contribution is -0.0508. The number of para-hydroxylation sites is 1. The van der Waals surface area contributed by atoms with Gasteiger partial charge >= 0.3 is 6.61 Å². The van der Waals surface area contributed by atoms with Gasteiger partial charge in [-0.2, -0.15) is 8.78 Å². The third-order valence-electron chi connectivity index (χ3n) is 3.72. The van der Waals surface area contributed by atoms with E-state index in [1.807, 2.05) is 32.0 Å². The van der Waals surface area contributed by atoms with E-state index in [2.05, 4.69) is 4.74 Å². The van der Waals surface area contributed by atoms with Crippen molar-refractivity contribution < 1.29 is 19.7 Å². The molecule has 24 heavy (non-hydrogen) atoms. The van der Waals surface area contributed by atoms with Crippen molar-refractivity contribution >= 4 is 0 Å². The molecule has 0 spiro atoms. The molecule has 0 unspecified atom stereocenters. The monoisotopic (exact) mass is 337 g/mol. The molecule has 0 bridgehead atoms. The molecule has 1 aliphatic rings. The highest BCUT2D eigenvalue weighted by molar-refractivity contribution is 5.40. The van der Waals surface area contributed by atoms with Crippen molar-refractivity contribution in [2.75, 3.05) is 0 Å². The lowest BCUT2D eigenvalue weighted by atomic mass is 10.1. The Morgan fingerprint density at radius 3 is 2.58 bits per heavy atom. The highest BCUT2D eigenvalue weighted by Gasteiger charge is 2.18. The number of hydrogen-bond acceptors (Lipinski definition) is 3. The van der Waals surface area contributed by atoms with Gasteiger partial charge in [0.25, 0.3) is 0 Å². The van der Waals surface area contributed by atoms with Gasteiger partial charge in [-0.25, -0.2) is 0 Å². The number of fused-ring (bicyclic) bond motifs is 1. The van der Waals surface area contributed by atoms with Gasteiger partial charge in [0.15, 0.2) is 0 Å². The van der Waals surface area contributed by atoms with Crippen LogP contribution in [0.15, 0.2) is 42.5 Å². The van der Waals surface area contributed by atoms with Crippen LogP contribution in [0.2, 0.25) is 0 Å². The van der Waals surface area contributed by atoms with Crippen LogP contribution in [0.25, 0.3) is 0 Å². The first-order valence-corrected chi connectivity index (χ1v) is 8.14. The van der Waals surface area contributed by atoms with E-state index in [4.69, 9.17) is 10.5 Å². The lowest BCUT2D eigenvalue weighted by Gasteiger charge is -2.12. The topological polar surface area (TPSA) is 44.5 Å². The van der Waals surface area contributed by atoms with E-state index < -0.39 is 6.61 Å². The van der Waals surface area contributed by atoms with Crippen molar-refractivity contribution in [3.05, 3.63) is 59.2 Å². The van der Waals surface area contributed by atoms with Gasteiger partial charge in [-0.3, -0.25) is 0 Å². The van der Waals surface area contributed by atoms with Crippen LogP contribution in [0.1, 0.15) is 32.0 Å². The molecular weight excluding hydrogens is 312 g/mol. The normalized spacial score (nSPS) is 15.5. The summed E-state index contributed by atoms with van der Waals surface area (Å²) in [5.74, 6) is 0.848. The first kappa shape index (κ1) is 18.2. The molecule has 0 fully saturated rings. The van der Waals surface area contributed by atoms with Gasteiger partial charge < -0.3 is 15.2 Å². The molecule has 0 saturated heterocycles. The average Bonchev–Trinajstić information content (AvgIpc) is 2.94. The minimum absolute atomic E-state index is 0. The number of alkyl halides is 2. The third kappa shape index (κ3) is 4.68. The largest absolute Gasteiger partial charge is 0.489 e. The molecule has 1 aliphatic carbocycles. The number of nitrogens with two attached hydrogens (primary N) is 1. The second kappa shape index (κ2) is 8.64. The zero-order valence-electron chi connectivity index (χ0n) is 14.0. The number of ether oxygens (including phenoxy) is 2. The molecule has 0 heterocycles. The summed E-state index contributed by atoms with van der Waals surface area (Å²) >= 11 is 0. The van der Waals surface area contributed by atoms with Crippen molar-refractivity contribution in [1.29, 1.82) is 0 Å². The molecule has 132 valence electrons. The first-order valence-electron chi connectivity index (χ1n) is 8.14. The van der Waals surface area contributed by atoms with Crippen LogP contribution in [-0.4, -0.2) is 12.7 Å². The summed E-state index contributed by atoms with van der Waals surface area (Å²) in [4.78, 5) is 0. The fourth-order valence-corrected chi connectivity index (χ4v) is 2.71. The van der Waals surface area contributed by atoms with Crippen LogP contribution in [0.3, 0.4) is 0 Å². The summed E-state index contributed by atoms with van der Waals surface area (Å²) in [6, 6.07) is 12.7. The molecule has 2 aromatic carbocycles. The van der Waals surface area contributed by atoms with E-state index in [1.54, 1.807) is 18.2 Å². The highest BCUT2D eigenvalue weighted by Crippen LogP contribution is 2.27. The summed E-state index contributed by atoms with van der Waals surface area (Å²) in [6.07, 6.45) is 1.73. The quantitative estimate of drug-likeness (QED) is 0.869.